The molecule has 90 valence electrons. The molecule has 17 heavy (non-hydrogen) atoms. The van der Waals surface area contributed by atoms with E-state index in [0.717, 1.165) is 18.8 Å². The van der Waals surface area contributed by atoms with Gasteiger partial charge in [-0.05, 0) is 25.0 Å². The summed E-state index contributed by atoms with van der Waals surface area (Å²) >= 11 is 0. The van der Waals surface area contributed by atoms with E-state index in [4.69, 9.17) is 4.74 Å². The van der Waals surface area contributed by atoms with Gasteiger partial charge in [0, 0.05) is 37.1 Å². The number of aromatic amines is 1. The topological polar surface area (TPSA) is 41.1 Å². The molecule has 0 amide bonds. The standard InChI is InChI=1S/C13H17N3O/c1-17-9-10-3-2-8-16(10)12-5-7-15-13-11(12)4-6-14-13/h4-7,10H,2-3,8-9H2,1H3,(H,14,15)/t10-/m0/s1. The fourth-order valence-corrected chi connectivity index (χ4v) is 2.72. The van der Waals surface area contributed by atoms with Crippen LogP contribution in [0.5, 0.6) is 0 Å². The quantitative estimate of drug-likeness (QED) is 0.880. The molecule has 1 aliphatic heterocycles. The Morgan fingerprint density at radius 2 is 2.47 bits per heavy atom. The summed E-state index contributed by atoms with van der Waals surface area (Å²) in [5.41, 5.74) is 2.24. The van der Waals surface area contributed by atoms with Gasteiger partial charge in [0.2, 0.25) is 0 Å². The Morgan fingerprint density at radius 3 is 3.35 bits per heavy atom. The molecule has 2 aromatic rings. The number of hydrogen-bond acceptors (Lipinski definition) is 3. The molecule has 1 aliphatic rings. The third kappa shape index (κ3) is 1.78. The van der Waals surface area contributed by atoms with Crippen molar-refractivity contribution in [2.75, 3.05) is 25.2 Å². The zero-order chi connectivity index (χ0) is 11.7. The molecule has 4 heteroatoms. The van der Waals surface area contributed by atoms with E-state index in [1.807, 2.05) is 12.4 Å². The highest BCUT2D eigenvalue weighted by Crippen LogP contribution is 2.30. The van der Waals surface area contributed by atoms with E-state index in [1.54, 1.807) is 7.11 Å². The molecule has 1 N–H and O–H groups in total. The van der Waals surface area contributed by atoms with Gasteiger partial charge in [-0.3, -0.25) is 0 Å². The molecule has 0 radical (unpaired) electrons. The van der Waals surface area contributed by atoms with E-state index in [1.165, 1.54) is 23.9 Å². The number of anilines is 1. The second-order valence-electron chi connectivity index (χ2n) is 4.51. The monoisotopic (exact) mass is 231 g/mol. The minimum atomic E-state index is 0.500. The number of ether oxygens (including phenoxy) is 1. The van der Waals surface area contributed by atoms with Gasteiger partial charge >= 0.3 is 0 Å². The second-order valence-corrected chi connectivity index (χ2v) is 4.51. The molecule has 3 heterocycles. The predicted molar refractivity (Wildman–Crippen MR) is 68.3 cm³/mol. The van der Waals surface area contributed by atoms with Crippen LogP contribution in [0.3, 0.4) is 0 Å². The summed E-state index contributed by atoms with van der Waals surface area (Å²) in [6.45, 7) is 1.91. The summed E-state index contributed by atoms with van der Waals surface area (Å²) in [5, 5.41) is 1.20. The summed E-state index contributed by atoms with van der Waals surface area (Å²) in [6, 6.07) is 4.70. The summed E-state index contributed by atoms with van der Waals surface area (Å²) in [5.74, 6) is 0. The van der Waals surface area contributed by atoms with E-state index in [0.29, 0.717) is 6.04 Å². The van der Waals surface area contributed by atoms with Gasteiger partial charge in [-0.15, -0.1) is 0 Å². The Hall–Kier alpha value is -1.55. The average molecular weight is 231 g/mol. The lowest BCUT2D eigenvalue weighted by atomic mass is 10.2. The number of hydrogen-bond donors (Lipinski definition) is 1. The minimum Gasteiger partial charge on any atom is -0.383 e. The fourth-order valence-electron chi connectivity index (χ4n) is 2.72. The molecular weight excluding hydrogens is 214 g/mol. The number of methoxy groups -OCH3 is 1. The number of pyridine rings is 1. The van der Waals surface area contributed by atoms with Crippen LogP contribution in [0.25, 0.3) is 11.0 Å². The molecule has 0 bridgehead atoms. The van der Waals surface area contributed by atoms with Crippen LogP contribution in [0, 0.1) is 0 Å². The zero-order valence-corrected chi connectivity index (χ0v) is 10.0. The molecule has 4 nitrogen and oxygen atoms in total. The Kier molecular flexibility index (Phi) is 2.73. The predicted octanol–water partition coefficient (Wildman–Crippen LogP) is 2.18. The summed E-state index contributed by atoms with van der Waals surface area (Å²) < 4.78 is 5.31. The van der Waals surface area contributed by atoms with Crippen LogP contribution in [0.15, 0.2) is 24.5 Å². The van der Waals surface area contributed by atoms with Gasteiger partial charge < -0.3 is 14.6 Å². The van der Waals surface area contributed by atoms with Gasteiger partial charge in [-0.25, -0.2) is 4.98 Å². The van der Waals surface area contributed by atoms with Gasteiger partial charge in [-0.1, -0.05) is 0 Å². The number of aromatic nitrogens is 2. The first-order chi connectivity index (χ1) is 8.40. The number of rotatable bonds is 3. The van der Waals surface area contributed by atoms with Crippen LogP contribution in [0.2, 0.25) is 0 Å². The van der Waals surface area contributed by atoms with Gasteiger partial charge in [0.05, 0.1) is 12.6 Å². The maximum atomic E-state index is 5.31. The van der Waals surface area contributed by atoms with E-state index in [-0.39, 0.29) is 0 Å². The van der Waals surface area contributed by atoms with Crippen molar-refractivity contribution in [2.45, 2.75) is 18.9 Å². The van der Waals surface area contributed by atoms with Crippen molar-refractivity contribution in [1.29, 1.82) is 0 Å². The van der Waals surface area contributed by atoms with Crippen molar-refractivity contribution in [1.82, 2.24) is 9.97 Å². The average Bonchev–Trinajstić information content (AvgIpc) is 2.96. The summed E-state index contributed by atoms with van der Waals surface area (Å²) in [4.78, 5) is 9.94. The lowest BCUT2D eigenvalue weighted by Crippen LogP contribution is -2.32. The van der Waals surface area contributed by atoms with Crippen LogP contribution in [0.1, 0.15) is 12.8 Å². The number of fused-ring (bicyclic) bond motifs is 1. The number of H-pyrrole nitrogens is 1. The molecular formula is C13H17N3O. The fraction of sp³-hybridized carbons (Fsp3) is 0.462. The number of nitrogens with one attached hydrogen (secondary N) is 1. The largest absolute Gasteiger partial charge is 0.383 e. The van der Waals surface area contributed by atoms with E-state index in [9.17, 15) is 0 Å². The molecule has 0 spiro atoms. The Morgan fingerprint density at radius 1 is 1.53 bits per heavy atom. The molecule has 0 unspecified atom stereocenters. The van der Waals surface area contributed by atoms with Crippen molar-refractivity contribution in [2.24, 2.45) is 0 Å². The van der Waals surface area contributed by atoms with E-state index >= 15 is 0 Å². The van der Waals surface area contributed by atoms with E-state index < -0.39 is 0 Å². The number of nitrogens with zero attached hydrogens (tertiary/aromatic N) is 2. The maximum Gasteiger partial charge on any atom is 0.139 e. The highest BCUT2D eigenvalue weighted by atomic mass is 16.5. The van der Waals surface area contributed by atoms with Gasteiger partial charge in [0.25, 0.3) is 0 Å². The molecule has 1 saturated heterocycles. The first-order valence-corrected chi connectivity index (χ1v) is 6.08. The first-order valence-electron chi connectivity index (χ1n) is 6.08. The summed E-state index contributed by atoms with van der Waals surface area (Å²) in [6.07, 6.45) is 6.27. The lowest BCUT2D eigenvalue weighted by Gasteiger charge is -2.26. The summed E-state index contributed by atoms with van der Waals surface area (Å²) in [7, 11) is 1.77. The smallest absolute Gasteiger partial charge is 0.139 e. The maximum absolute atomic E-state index is 5.31. The Balaban J connectivity index is 1.99. The molecule has 2 aromatic heterocycles. The van der Waals surface area contributed by atoms with Crippen molar-refractivity contribution in [3.05, 3.63) is 24.5 Å². The van der Waals surface area contributed by atoms with Crippen LogP contribution in [-0.2, 0) is 4.74 Å². The molecule has 3 rings (SSSR count). The third-order valence-corrected chi connectivity index (χ3v) is 3.48. The first kappa shape index (κ1) is 10.6. The van der Waals surface area contributed by atoms with Crippen molar-refractivity contribution in [3.63, 3.8) is 0 Å². The molecule has 1 fully saturated rings. The zero-order valence-electron chi connectivity index (χ0n) is 10.0. The van der Waals surface area contributed by atoms with E-state index in [2.05, 4.69) is 27.0 Å². The van der Waals surface area contributed by atoms with Crippen LogP contribution >= 0.6 is 0 Å². The van der Waals surface area contributed by atoms with Crippen molar-refractivity contribution in [3.8, 4) is 0 Å². The normalized spacial score (nSPS) is 20.3. The Labute approximate surface area is 101 Å². The van der Waals surface area contributed by atoms with Crippen molar-refractivity contribution >= 4 is 16.7 Å². The van der Waals surface area contributed by atoms with Gasteiger partial charge in [0.1, 0.15) is 5.65 Å². The highest BCUT2D eigenvalue weighted by Gasteiger charge is 2.25. The molecule has 0 aromatic carbocycles. The van der Waals surface area contributed by atoms with Crippen LogP contribution in [-0.4, -0.2) is 36.3 Å². The van der Waals surface area contributed by atoms with Crippen molar-refractivity contribution < 1.29 is 4.74 Å². The minimum absolute atomic E-state index is 0.500. The molecule has 0 saturated carbocycles. The lowest BCUT2D eigenvalue weighted by molar-refractivity contribution is 0.181. The van der Waals surface area contributed by atoms with Crippen LogP contribution in [0.4, 0.5) is 5.69 Å². The third-order valence-electron chi connectivity index (χ3n) is 3.48. The molecule has 0 aliphatic carbocycles. The highest BCUT2D eigenvalue weighted by molar-refractivity contribution is 5.89. The molecule has 1 atom stereocenters. The van der Waals surface area contributed by atoms with Gasteiger partial charge in [-0.2, -0.15) is 0 Å². The van der Waals surface area contributed by atoms with Gasteiger partial charge in [0.15, 0.2) is 0 Å². The Bertz CT molecular complexity index is 508. The van der Waals surface area contributed by atoms with Crippen LogP contribution < -0.4 is 4.90 Å². The SMILES string of the molecule is COC[C@@H]1CCCN1c1ccnc2[nH]ccc12. The second kappa shape index (κ2) is 4.37.